The third kappa shape index (κ3) is 4.90. The highest BCUT2D eigenvalue weighted by Crippen LogP contribution is 2.30. The van der Waals surface area contributed by atoms with Gasteiger partial charge in [-0.3, -0.25) is 15.5 Å². The highest BCUT2D eigenvalue weighted by molar-refractivity contribution is 7.89. The van der Waals surface area contributed by atoms with Crippen LogP contribution in [0.3, 0.4) is 0 Å². The molecule has 29 heavy (non-hydrogen) atoms. The van der Waals surface area contributed by atoms with Crippen molar-refractivity contribution in [1.29, 1.82) is 0 Å². The maximum absolute atomic E-state index is 13.2. The lowest BCUT2D eigenvalue weighted by Crippen LogP contribution is -2.32. The summed E-state index contributed by atoms with van der Waals surface area (Å²) in [5, 5.41) is 25.0. The molecule has 1 aliphatic heterocycles. The summed E-state index contributed by atoms with van der Waals surface area (Å²) in [6.45, 7) is 0.761. The molecule has 2 aromatic rings. The highest BCUT2D eigenvalue weighted by atomic mass is 32.2. The minimum absolute atomic E-state index is 0.0270. The number of hydrogen-bond acceptors (Lipinski definition) is 7. The lowest BCUT2D eigenvalue weighted by Gasteiger charge is -2.21. The minimum Gasteiger partial charge on any atom is -0.507 e. The Morgan fingerprint density at radius 3 is 2.45 bits per heavy atom. The summed E-state index contributed by atoms with van der Waals surface area (Å²) in [6, 6.07) is 10.1. The number of phenolic OH excluding ortho intramolecular Hbond substituents is 1. The number of aromatic hydroxyl groups is 1. The fraction of sp³-hybridized carbons (Fsp3) is 0.316. The van der Waals surface area contributed by atoms with Crippen molar-refractivity contribution in [2.45, 2.75) is 30.6 Å². The number of hydrogen-bond donors (Lipinski definition) is 2. The predicted octanol–water partition coefficient (Wildman–Crippen LogP) is 3.31. The molecule has 0 aromatic heterocycles. The van der Waals surface area contributed by atoms with Gasteiger partial charge in [-0.05, 0) is 31.0 Å². The molecule has 0 atom stereocenters. The molecule has 0 saturated carbocycles. The number of nitrogens with one attached hydrogen (secondary N) is 1. The summed E-state index contributed by atoms with van der Waals surface area (Å²) in [6.07, 6.45) is 4.76. The molecule has 10 heteroatoms. The van der Waals surface area contributed by atoms with Crippen LogP contribution in [0.2, 0.25) is 0 Å². The maximum Gasteiger partial charge on any atom is 0.270 e. The highest BCUT2D eigenvalue weighted by Gasteiger charge is 2.29. The van der Waals surface area contributed by atoms with E-state index in [0.717, 1.165) is 31.7 Å². The molecular weight excluding hydrogens is 396 g/mol. The van der Waals surface area contributed by atoms with E-state index in [4.69, 9.17) is 0 Å². The molecule has 1 heterocycles. The van der Waals surface area contributed by atoms with Gasteiger partial charge in [0.05, 0.1) is 16.8 Å². The summed E-state index contributed by atoms with van der Waals surface area (Å²) in [5.74, 6) is 0.0270. The van der Waals surface area contributed by atoms with Crippen molar-refractivity contribution >= 4 is 27.6 Å². The molecule has 1 aliphatic rings. The number of anilines is 1. The van der Waals surface area contributed by atoms with E-state index in [9.17, 15) is 23.6 Å². The van der Waals surface area contributed by atoms with Crippen molar-refractivity contribution in [3.63, 3.8) is 0 Å². The second kappa shape index (κ2) is 9.01. The van der Waals surface area contributed by atoms with Crippen molar-refractivity contribution in [2.24, 2.45) is 5.10 Å². The third-order valence-electron chi connectivity index (χ3n) is 4.68. The Kier molecular flexibility index (Phi) is 6.45. The molecular formula is C19H22N4O5S. The molecule has 9 nitrogen and oxygen atoms in total. The number of nitro benzene ring substituents is 1. The van der Waals surface area contributed by atoms with Crippen molar-refractivity contribution < 1.29 is 18.4 Å². The Labute approximate surface area is 168 Å². The van der Waals surface area contributed by atoms with Crippen molar-refractivity contribution in [2.75, 3.05) is 18.5 Å². The number of nitro groups is 1. The van der Waals surface area contributed by atoms with Gasteiger partial charge in [-0.15, -0.1) is 0 Å². The monoisotopic (exact) mass is 418 g/mol. The lowest BCUT2D eigenvalue weighted by atomic mass is 10.2. The molecule has 0 spiro atoms. The Hall–Kier alpha value is -2.98. The van der Waals surface area contributed by atoms with E-state index in [1.165, 1.54) is 28.7 Å². The number of hydrazone groups is 1. The Bertz CT molecular complexity index is 1020. The van der Waals surface area contributed by atoms with E-state index >= 15 is 0 Å². The molecule has 0 amide bonds. The first-order valence-electron chi connectivity index (χ1n) is 9.25. The molecule has 0 radical (unpaired) electrons. The molecule has 0 aliphatic carbocycles. The third-order valence-corrected chi connectivity index (χ3v) is 6.62. The number of benzene rings is 2. The summed E-state index contributed by atoms with van der Waals surface area (Å²) in [7, 11) is -3.93. The first kappa shape index (κ1) is 20.7. The fourth-order valence-corrected chi connectivity index (χ4v) is 4.80. The Morgan fingerprint density at radius 2 is 1.79 bits per heavy atom. The standard InChI is InChI=1S/C19H22N4O5S/c24-18-8-4-3-7-15(18)14-20-21-17-10-9-16(23(25)26)13-19(17)29(27,28)22-11-5-1-2-6-12-22/h3-4,7-10,13-14,21,24H,1-2,5-6,11-12H2/b20-14-. The molecule has 1 fully saturated rings. The number of sulfonamides is 1. The number of nitrogens with zero attached hydrogens (tertiary/aromatic N) is 3. The average Bonchev–Trinajstić information content (AvgIpc) is 2.99. The Morgan fingerprint density at radius 1 is 1.10 bits per heavy atom. The van der Waals surface area contributed by atoms with Crippen LogP contribution >= 0.6 is 0 Å². The second-order valence-corrected chi connectivity index (χ2v) is 8.59. The summed E-state index contributed by atoms with van der Waals surface area (Å²) in [4.78, 5) is 10.4. The normalized spacial score (nSPS) is 15.9. The number of para-hydroxylation sites is 1. The van der Waals surface area contributed by atoms with Crippen LogP contribution < -0.4 is 5.43 Å². The minimum atomic E-state index is -3.93. The fourth-order valence-electron chi connectivity index (χ4n) is 3.12. The molecule has 1 saturated heterocycles. The zero-order valence-electron chi connectivity index (χ0n) is 15.7. The van der Waals surface area contributed by atoms with Crippen LogP contribution in [0.25, 0.3) is 0 Å². The van der Waals surface area contributed by atoms with Gasteiger partial charge < -0.3 is 5.11 Å². The predicted molar refractivity (Wildman–Crippen MR) is 110 cm³/mol. The Balaban J connectivity index is 1.94. The summed E-state index contributed by atoms with van der Waals surface area (Å²) < 4.78 is 27.8. The number of non-ortho nitro benzene ring substituents is 1. The van der Waals surface area contributed by atoms with Crippen molar-refractivity contribution in [3.05, 3.63) is 58.1 Å². The van der Waals surface area contributed by atoms with Crippen LogP contribution in [0.15, 0.2) is 52.5 Å². The van der Waals surface area contributed by atoms with Crippen molar-refractivity contribution in [1.82, 2.24) is 4.31 Å². The van der Waals surface area contributed by atoms with Gasteiger partial charge in [0.15, 0.2) is 0 Å². The first-order chi connectivity index (χ1) is 13.9. The van der Waals surface area contributed by atoms with Crippen LogP contribution in [0.5, 0.6) is 5.75 Å². The van der Waals surface area contributed by atoms with E-state index in [2.05, 4.69) is 10.5 Å². The molecule has 2 N–H and O–H groups in total. The van der Waals surface area contributed by atoms with Gasteiger partial charge >= 0.3 is 0 Å². The quantitative estimate of drug-likeness (QED) is 0.421. The number of rotatable bonds is 6. The smallest absolute Gasteiger partial charge is 0.270 e. The SMILES string of the molecule is O=[N+]([O-])c1ccc(N/N=C\c2ccccc2O)c(S(=O)(=O)N2CCCCCC2)c1. The van der Waals surface area contributed by atoms with E-state index in [1.807, 2.05) is 0 Å². The van der Waals surface area contributed by atoms with Crippen molar-refractivity contribution in [3.8, 4) is 5.75 Å². The first-order valence-corrected chi connectivity index (χ1v) is 10.7. The van der Waals surface area contributed by atoms with E-state index in [1.54, 1.807) is 18.2 Å². The maximum atomic E-state index is 13.2. The zero-order valence-corrected chi connectivity index (χ0v) is 16.5. The molecule has 0 bridgehead atoms. The second-order valence-electron chi connectivity index (χ2n) is 6.68. The van der Waals surface area contributed by atoms with E-state index in [0.29, 0.717) is 18.7 Å². The van der Waals surface area contributed by atoms with Gasteiger partial charge in [0, 0.05) is 30.8 Å². The van der Waals surface area contributed by atoms with Gasteiger partial charge in [0.25, 0.3) is 5.69 Å². The summed E-state index contributed by atoms with van der Waals surface area (Å²) in [5.41, 5.74) is 2.91. The van der Waals surface area contributed by atoms with Gasteiger partial charge in [0.1, 0.15) is 10.6 Å². The van der Waals surface area contributed by atoms with E-state index in [-0.39, 0.29) is 22.0 Å². The van der Waals surface area contributed by atoms with E-state index < -0.39 is 14.9 Å². The largest absolute Gasteiger partial charge is 0.507 e. The molecule has 0 unspecified atom stereocenters. The topological polar surface area (TPSA) is 125 Å². The van der Waals surface area contributed by atoms with Gasteiger partial charge in [-0.25, -0.2) is 8.42 Å². The summed E-state index contributed by atoms with van der Waals surface area (Å²) >= 11 is 0. The zero-order chi connectivity index (χ0) is 20.9. The van der Waals surface area contributed by atoms with Crippen LogP contribution in [0.4, 0.5) is 11.4 Å². The van der Waals surface area contributed by atoms with Crippen LogP contribution in [-0.4, -0.2) is 42.1 Å². The average molecular weight is 418 g/mol. The van der Waals surface area contributed by atoms with Crippen LogP contribution in [0, 0.1) is 10.1 Å². The molecule has 3 rings (SSSR count). The molecule has 2 aromatic carbocycles. The van der Waals surface area contributed by atoms with Crippen LogP contribution in [-0.2, 0) is 10.0 Å². The lowest BCUT2D eigenvalue weighted by molar-refractivity contribution is -0.385. The van der Waals surface area contributed by atoms with Gasteiger partial charge in [-0.1, -0.05) is 25.0 Å². The van der Waals surface area contributed by atoms with Crippen LogP contribution in [0.1, 0.15) is 31.2 Å². The molecule has 154 valence electrons. The number of phenols is 1. The van der Waals surface area contributed by atoms with Gasteiger partial charge in [0.2, 0.25) is 10.0 Å². The van der Waals surface area contributed by atoms with Gasteiger partial charge in [-0.2, -0.15) is 9.41 Å².